The van der Waals surface area contributed by atoms with Gasteiger partial charge in [-0.1, -0.05) is 25.7 Å². The van der Waals surface area contributed by atoms with E-state index >= 15 is 0 Å². The molecule has 3 nitrogen and oxygen atoms in total. The Kier molecular flexibility index (Phi) is 5.04. The Bertz CT molecular complexity index is 274. The summed E-state index contributed by atoms with van der Waals surface area (Å²) in [6, 6.07) is 0.579. The molecule has 0 bridgehead atoms. The smallest absolute Gasteiger partial charge is 0.223 e. The van der Waals surface area contributed by atoms with Crippen molar-refractivity contribution in [3.05, 3.63) is 0 Å². The minimum Gasteiger partial charge on any atom is -0.353 e. The van der Waals surface area contributed by atoms with Gasteiger partial charge in [0.25, 0.3) is 0 Å². The van der Waals surface area contributed by atoms with Gasteiger partial charge in [-0.3, -0.25) is 4.79 Å². The van der Waals surface area contributed by atoms with Crippen molar-refractivity contribution in [3.63, 3.8) is 0 Å². The summed E-state index contributed by atoms with van der Waals surface area (Å²) >= 11 is 0. The highest BCUT2D eigenvalue weighted by molar-refractivity contribution is 5.79. The van der Waals surface area contributed by atoms with Crippen LogP contribution in [0.15, 0.2) is 0 Å². The molecule has 104 valence electrons. The van der Waals surface area contributed by atoms with Crippen molar-refractivity contribution in [2.24, 2.45) is 17.6 Å². The van der Waals surface area contributed by atoms with Gasteiger partial charge >= 0.3 is 0 Å². The van der Waals surface area contributed by atoms with E-state index in [1.165, 1.54) is 32.1 Å². The van der Waals surface area contributed by atoms with E-state index in [2.05, 4.69) is 12.2 Å². The van der Waals surface area contributed by atoms with E-state index in [0.29, 0.717) is 12.0 Å². The van der Waals surface area contributed by atoms with Crippen LogP contribution in [0.3, 0.4) is 0 Å². The molecule has 0 aromatic carbocycles. The van der Waals surface area contributed by atoms with Crippen molar-refractivity contribution in [1.29, 1.82) is 0 Å². The van der Waals surface area contributed by atoms with Gasteiger partial charge in [0.1, 0.15) is 0 Å². The maximum Gasteiger partial charge on any atom is 0.223 e. The SMILES string of the molecule is C[C@@H](NC(=O)C1CCCC(N)C1)C1CCCCC1. The second kappa shape index (κ2) is 6.55. The van der Waals surface area contributed by atoms with Crippen molar-refractivity contribution in [1.82, 2.24) is 5.32 Å². The van der Waals surface area contributed by atoms with Gasteiger partial charge in [0.2, 0.25) is 5.91 Å². The van der Waals surface area contributed by atoms with Crippen LogP contribution in [0.1, 0.15) is 64.7 Å². The van der Waals surface area contributed by atoms with Gasteiger partial charge < -0.3 is 11.1 Å². The number of rotatable bonds is 3. The predicted molar refractivity (Wildman–Crippen MR) is 74.1 cm³/mol. The average Bonchev–Trinajstić information content (AvgIpc) is 2.39. The minimum absolute atomic E-state index is 0.166. The highest BCUT2D eigenvalue weighted by atomic mass is 16.1. The maximum atomic E-state index is 12.2. The van der Waals surface area contributed by atoms with Crippen LogP contribution in [0, 0.1) is 11.8 Å². The lowest BCUT2D eigenvalue weighted by atomic mass is 9.83. The minimum atomic E-state index is 0.166. The van der Waals surface area contributed by atoms with E-state index in [0.717, 1.165) is 25.7 Å². The van der Waals surface area contributed by atoms with Crippen LogP contribution >= 0.6 is 0 Å². The van der Waals surface area contributed by atoms with Gasteiger partial charge in [0.15, 0.2) is 0 Å². The lowest BCUT2D eigenvalue weighted by molar-refractivity contribution is -0.127. The Hall–Kier alpha value is -0.570. The number of hydrogen-bond acceptors (Lipinski definition) is 2. The first-order valence-corrected chi connectivity index (χ1v) is 7.72. The normalized spacial score (nSPS) is 31.9. The van der Waals surface area contributed by atoms with Gasteiger partial charge in [0.05, 0.1) is 0 Å². The first-order valence-electron chi connectivity index (χ1n) is 7.72. The van der Waals surface area contributed by atoms with Crippen LogP contribution < -0.4 is 11.1 Å². The van der Waals surface area contributed by atoms with E-state index in [9.17, 15) is 4.79 Å². The van der Waals surface area contributed by atoms with E-state index in [4.69, 9.17) is 5.73 Å². The lowest BCUT2D eigenvalue weighted by Gasteiger charge is -2.31. The van der Waals surface area contributed by atoms with Crippen molar-refractivity contribution in [2.75, 3.05) is 0 Å². The molecule has 1 amide bonds. The van der Waals surface area contributed by atoms with Crippen LogP contribution in [-0.2, 0) is 4.79 Å². The number of carbonyl (C=O) groups is 1. The zero-order chi connectivity index (χ0) is 13.0. The van der Waals surface area contributed by atoms with E-state index in [1.807, 2.05) is 0 Å². The summed E-state index contributed by atoms with van der Waals surface area (Å²) < 4.78 is 0. The molecule has 0 spiro atoms. The van der Waals surface area contributed by atoms with Crippen molar-refractivity contribution < 1.29 is 4.79 Å². The van der Waals surface area contributed by atoms with E-state index in [1.54, 1.807) is 0 Å². The molecule has 0 aliphatic heterocycles. The summed E-state index contributed by atoms with van der Waals surface area (Å²) in [5, 5.41) is 3.25. The maximum absolute atomic E-state index is 12.2. The average molecular weight is 252 g/mol. The van der Waals surface area contributed by atoms with Crippen LogP contribution in [0.25, 0.3) is 0 Å². The molecule has 0 radical (unpaired) electrons. The highest BCUT2D eigenvalue weighted by Crippen LogP contribution is 2.27. The summed E-state index contributed by atoms with van der Waals surface area (Å²) in [4.78, 5) is 12.2. The summed E-state index contributed by atoms with van der Waals surface area (Å²) in [5.74, 6) is 1.11. The third-order valence-electron chi connectivity index (χ3n) is 4.81. The van der Waals surface area contributed by atoms with Gasteiger partial charge in [-0.15, -0.1) is 0 Å². The number of carbonyl (C=O) groups excluding carboxylic acids is 1. The molecule has 2 saturated carbocycles. The number of hydrogen-bond donors (Lipinski definition) is 2. The first-order chi connectivity index (χ1) is 8.66. The lowest BCUT2D eigenvalue weighted by Crippen LogP contribution is -2.44. The zero-order valence-corrected chi connectivity index (χ0v) is 11.7. The Labute approximate surface area is 111 Å². The molecule has 0 aromatic heterocycles. The standard InChI is InChI=1S/C15H28N2O/c1-11(12-6-3-2-4-7-12)17-15(18)13-8-5-9-14(16)10-13/h11-14H,2-10,16H2,1H3,(H,17,18)/t11-,13?,14?/m1/s1. The van der Waals surface area contributed by atoms with Crippen LogP contribution in [-0.4, -0.2) is 18.0 Å². The Morgan fingerprint density at radius 2 is 1.83 bits per heavy atom. The monoisotopic (exact) mass is 252 g/mol. The summed E-state index contributed by atoms with van der Waals surface area (Å²) in [6.07, 6.45) is 10.7. The van der Waals surface area contributed by atoms with E-state index < -0.39 is 0 Å². The quantitative estimate of drug-likeness (QED) is 0.811. The molecule has 2 unspecified atom stereocenters. The second-order valence-corrected chi connectivity index (χ2v) is 6.32. The molecule has 3 atom stereocenters. The molecule has 2 aliphatic carbocycles. The number of nitrogens with two attached hydrogens (primary N) is 1. The van der Waals surface area contributed by atoms with Crippen LogP contribution in [0.4, 0.5) is 0 Å². The molecule has 3 N–H and O–H groups in total. The fourth-order valence-corrected chi connectivity index (χ4v) is 3.56. The molecular formula is C15H28N2O. The molecule has 2 rings (SSSR count). The van der Waals surface area contributed by atoms with Gasteiger partial charge in [-0.2, -0.15) is 0 Å². The number of amides is 1. The van der Waals surface area contributed by atoms with Gasteiger partial charge in [-0.25, -0.2) is 0 Å². The number of nitrogens with one attached hydrogen (secondary N) is 1. The van der Waals surface area contributed by atoms with Gasteiger partial charge in [0, 0.05) is 18.0 Å². The molecule has 0 aromatic rings. The fraction of sp³-hybridized carbons (Fsp3) is 0.933. The zero-order valence-electron chi connectivity index (χ0n) is 11.7. The first kappa shape index (κ1) is 13.9. The van der Waals surface area contributed by atoms with Crippen molar-refractivity contribution in [2.45, 2.75) is 76.8 Å². The predicted octanol–water partition coefficient (Wildman–Crippen LogP) is 2.59. The molecular weight excluding hydrogens is 224 g/mol. The molecule has 3 heteroatoms. The summed E-state index contributed by atoms with van der Waals surface area (Å²) in [5.41, 5.74) is 5.96. The van der Waals surface area contributed by atoms with Gasteiger partial charge in [-0.05, 0) is 44.9 Å². The van der Waals surface area contributed by atoms with E-state index in [-0.39, 0.29) is 17.9 Å². The molecule has 18 heavy (non-hydrogen) atoms. The Balaban J connectivity index is 1.78. The summed E-state index contributed by atoms with van der Waals surface area (Å²) in [7, 11) is 0. The largest absolute Gasteiger partial charge is 0.353 e. The molecule has 2 aliphatic rings. The molecule has 0 saturated heterocycles. The molecule has 2 fully saturated rings. The van der Waals surface area contributed by atoms with Crippen LogP contribution in [0.5, 0.6) is 0 Å². The highest BCUT2D eigenvalue weighted by Gasteiger charge is 2.28. The Morgan fingerprint density at radius 3 is 2.50 bits per heavy atom. The van der Waals surface area contributed by atoms with Crippen LogP contribution in [0.2, 0.25) is 0 Å². The third kappa shape index (κ3) is 3.71. The Morgan fingerprint density at radius 1 is 1.11 bits per heavy atom. The van der Waals surface area contributed by atoms with Crippen molar-refractivity contribution >= 4 is 5.91 Å². The summed E-state index contributed by atoms with van der Waals surface area (Å²) in [6.45, 7) is 2.18. The third-order valence-corrected chi connectivity index (χ3v) is 4.81. The molecule has 0 heterocycles. The fourth-order valence-electron chi connectivity index (χ4n) is 3.56. The topological polar surface area (TPSA) is 55.1 Å². The van der Waals surface area contributed by atoms with Crippen molar-refractivity contribution in [3.8, 4) is 0 Å². The second-order valence-electron chi connectivity index (χ2n) is 6.32.